The second-order valence-corrected chi connectivity index (χ2v) is 14.7. The highest BCUT2D eigenvalue weighted by Crippen LogP contribution is 2.44. The quantitative estimate of drug-likeness (QED) is 0.156. The van der Waals surface area contributed by atoms with Gasteiger partial charge in [-0.15, -0.1) is 0 Å². The van der Waals surface area contributed by atoms with E-state index in [9.17, 15) is 12.8 Å². The first kappa shape index (κ1) is 32.6. The molecule has 12 heteroatoms. The molecule has 0 radical (unpaired) electrons. The Morgan fingerprint density at radius 2 is 1.91 bits per heavy atom. The molecule has 3 aromatic carbocycles. The third-order valence-corrected chi connectivity index (χ3v) is 10.8. The summed E-state index contributed by atoms with van der Waals surface area (Å²) >= 11 is 3.58. The van der Waals surface area contributed by atoms with Gasteiger partial charge in [-0.2, -0.15) is 0 Å². The van der Waals surface area contributed by atoms with E-state index in [-0.39, 0.29) is 30.8 Å². The van der Waals surface area contributed by atoms with Crippen molar-refractivity contribution in [3.63, 3.8) is 0 Å². The van der Waals surface area contributed by atoms with Gasteiger partial charge in [0.15, 0.2) is 15.4 Å². The number of sulfone groups is 1. The molecule has 0 saturated carbocycles. The van der Waals surface area contributed by atoms with Crippen LogP contribution in [-0.4, -0.2) is 49.1 Å². The molecule has 0 saturated heterocycles. The molecule has 2 unspecified atom stereocenters. The van der Waals surface area contributed by atoms with Gasteiger partial charge >= 0.3 is 0 Å². The summed E-state index contributed by atoms with van der Waals surface area (Å²) in [5.41, 5.74) is 2.10. The van der Waals surface area contributed by atoms with Crippen molar-refractivity contribution in [2.75, 3.05) is 24.7 Å². The summed E-state index contributed by atoms with van der Waals surface area (Å²) in [6.07, 6.45) is 5.66. The van der Waals surface area contributed by atoms with E-state index in [4.69, 9.17) is 14.2 Å². The van der Waals surface area contributed by atoms with Crippen molar-refractivity contribution < 1.29 is 27.0 Å². The zero-order chi connectivity index (χ0) is 32.2. The van der Waals surface area contributed by atoms with Crippen LogP contribution in [0.5, 0.6) is 11.5 Å². The van der Waals surface area contributed by atoms with E-state index in [1.165, 1.54) is 18.5 Å². The van der Waals surface area contributed by atoms with Crippen molar-refractivity contribution in [3.8, 4) is 11.5 Å². The SMILES string of the molecule is COc1cc2ncnc(Nc3ccc(OCc4cccc(F)c4)c(Br)c3)c2cc1C1(C(C)NCCS(=O)(=O)C(C)C)CC=CO1. The summed E-state index contributed by atoms with van der Waals surface area (Å²) in [5, 5.41) is 7.08. The average molecular weight is 700 g/mol. The van der Waals surface area contributed by atoms with Crippen molar-refractivity contribution in [2.24, 2.45) is 0 Å². The molecule has 1 aliphatic rings. The monoisotopic (exact) mass is 698 g/mol. The lowest BCUT2D eigenvalue weighted by Gasteiger charge is -2.37. The van der Waals surface area contributed by atoms with Crippen LogP contribution in [0, 0.1) is 5.82 Å². The Bertz CT molecular complexity index is 1810. The Morgan fingerprint density at radius 1 is 1.09 bits per heavy atom. The van der Waals surface area contributed by atoms with E-state index < -0.39 is 20.7 Å². The van der Waals surface area contributed by atoms with Crippen molar-refractivity contribution >= 4 is 48.2 Å². The van der Waals surface area contributed by atoms with Crippen LogP contribution in [0.4, 0.5) is 15.9 Å². The maximum atomic E-state index is 13.5. The fourth-order valence-corrected chi connectivity index (χ4v) is 6.61. The normalized spacial score (nSPS) is 17.0. The number of nitrogens with one attached hydrogen (secondary N) is 2. The van der Waals surface area contributed by atoms with Gasteiger partial charge in [0, 0.05) is 41.7 Å². The molecular weight excluding hydrogens is 663 g/mol. The van der Waals surface area contributed by atoms with E-state index >= 15 is 0 Å². The fourth-order valence-electron chi connectivity index (χ4n) is 5.25. The molecule has 0 amide bonds. The Morgan fingerprint density at radius 3 is 2.60 bits per heavy atom. The third kappa shape index (κ3) is 7.23. The fraction of sp³-hybridized carbons (Fsp3) is 0.333. The van der Waals surface area contributed by atoms with Gasteiger partial charge in [0.1, 0.15) is 36.1 Å². The molecule has 0 fully saturated rings. The molecule has 2 N–H and O–H groups in total. The second kappa shape index (κ2) is 13.7. The topological polar surface area (TPSA) is 112 Å². The van der Waals surface area contributed by atoms with Crippen LogP contribution in [0.2, 0.25) is 0 Å². The zero-order valence-corrected chi connectivity index (χ0v) is 27.9. The van der Waals surface area contributed by atoms with Gasteiger partial charge in [-0.1, -0.05) is 12.1 Å². The third-order valence-electron chi connectivity index (χ3n) is 7.94. The van der Waals surface area contributed by atoms with Crippen LogP contribution in [0.3, 0.4) is 0 Å². The lowest BCUT2D eigenvalue weighted by Crippen LogP contribution is -2.48. The van der Waals surface area contributed by atoms with E-state index in [2.05, 4.69) is 36.5 Å². The van der Waals surface area contributed by atoms with E-state index in [1.807, 2.05) is 43.3 Å². The molecule has 0 bridgehead atoms. The van der Waals surface area contributed by atoms with E-state index in [1.54, 1.807) is 39.4 Å². The first-order valence-corrected chi connectivity index (χ1v) is 17.1. The number of fused-ring (bicyclic) bond motifs is 1. The van der Waals surface area contributed by atoms with Crippen LogP contribution < -0.4 is 20.1 Å². The van der Waals surface area contributed by atoms with Crippen molar-refractivity contribution in [1.29, 1.82) is 0 Å². The largest absolute Gasteiger partial charge is 0.496 e. The van der Waals surface area contributed by atoms with E-state index in [0.29, 0.717) is 33.7 Å². The minimum Gasteiger partial charge on any atom is -0.496 e. The van der Waals surface area contributed by atoms with Gasteiger partial charge in [-0.3, -0.25) is 0 Å². The van der Waals surface area contributed by atoms with Crippen molar-refractivity contribution in [1.82, 2.24) is 15.3 Å². The molecule has 0 spiro atoms. The van der Waals surface area contributed by atoms with Gasteiger partial charge in [0.05, 0.1) is 34.4 Å². The molecule has 9 nitrogen and oxygen atoms in total. The minimum atomic E-state index is -3.20. The number of hydrogen-bond donors (Lipinski definition) is 2. The molecule has 4 aromatic rings. The number of anilines is 2. The first-order valence-electron chi connectivity index (χ1n) is 14.6. The number of aromatic nitrogens is 2. The summed E-state index contributed by atoms with van der Waals surface area (Å²) in [4.78, 5) is 9.02. The van der Waals surface area contributed by atoms with Crippen molar-refractivity contribution in [3.05, 3.63) is 94.7 Å². The predicted molar refractivity (Wildman–Crippen MR) is 177 cm³/mol. The molecular formula is C33H36BrFN4O5S. The number of halogens is 2. The van der Waals surface area contributed by atoms with E-state index in [0.717, 1.165) is 22.2 Å². The van der Waals surface area contributed by atoms with Crippen LogP contribution in [0.25, 0.3) is 10.9 Å². The summed E-state index contributed by atoms with van der Waals surface area (Å²) in [6.45, 7) is 5.87. The highest BCUT2D eigenvalue weighted by molar-refractivity contribution is 9.10. The highest BCUT2D eigenvalue weighted by atomic mass is 79.9. The average Bonchev–Trinajstić information content (AvgIpc) is 3.51. The second-order valence-electron chi connectivity index (χ2n) is 11.2. The predicted octanol–water partition coefficient (Wildman–Crippen LogP) is 6.79. The van der Waals surface area contributed by atoms with Crippen molar-refractivity contribution in [2.45, 2.75) is 50.7 Å². The van der Waals surface area contributed by atoms with Gasteiger partial charge < -0.3 is 24.8 Å². The van der Waals surface area contributed by atoms with Crippen LogP contribution in [-0.2, 0) is 26.8 Å². The maximum absolute atomic E-state index is 13.5. The number of nitrogens with zero attached hydrogens (tertiary/aromatic N) is 2. The Hall–Kier alpha value is -3.74. The summed E-state index contributed by atoms with van der Waals surface area (Å²) in [5.74, 6) is 1.51. The molecule has 1 aromatic heterocycles. The Balaban J connectivity index is 1.41. The Labute approximate surface area is 271 Å². The van der Waals surface area contributed by atoms with Gasteiger partial charge in [0.25, 0.3) is 0 Å². The molecule has 45 heavy (non-hydrogen) atoms. The molecule has 0 aliphatic carbocycles. The molecule has 2 atom stereocenters. The highest BCUT2D eigenvalue weighted by Gasteiger charge is 2.43. The Kier molecular flexibility index (Phi) is 9.95. The van der Waals surface area contributed by atoms with Crippen LogP contribution >= 0.6 is 15.9 Å². The number of benzene rings is 3. The molecule has 2 heterocycles. The molecule has 5 rings (SSSR count). The number of methoxy groups -OCH3 is 1. The number of ether oxygens (including phenoxy) is 3. The van der Waals surface area contributed by atoms with Gasteiger partial charge in [0.2, 0.25) is 0 Å². The lowest BCUT2D eigenvalue weighted by atomic mass is 9.83. The van der Waals surface area contributed by atoms with Crippen LogP contribution in [0.1, 0.15) is 38.3 Å². The summed E-state index contributed by atoms with van der Waals surface area (Å²) < 4.78 is 57.1. The molecule has 238 valence electrons. The number of rotatable bonds is 13. The summed E-state index contributed by atoms with van der Waals surface area (Å²) in [6, 6.07) is 15.4. The van der Waals surface area contributed by atoms with Gasteiger partial charge in [-0.25, -0.2) is 22.8 Å². The van der Waals surface area contributed by atoms with Crippen LogP contribution in [0.15, 0.2) is 77.7 Å². The summed E-state index contributed by atoms with van der Waals surface area (Å²) in [7, 11) is -1.59. The standard InChI is InChI=1S/C33H36BrFN4O5S/c1-21(2)45(40,41)14-12-36-22(3)33(11-6-13-44-33)27-17-26-29(18-31(27)42-4)37-20-38-32(26)39-25-9-10-30(28(34)16-25)43-19-23-7-5-8-24(35)15-23/h5-10,13,15-18,20-22,36H,11-12,14,19H2,1-4H3,(H,37,38,39). The zero-order valence-electron chi connectivity index (χ0n) is 25.5. The lowest BCUT2D eigenvalue weighted by molar-refractivity contribution is 0.00695. The maximum Gasteiger partial charge on any atom is 0.155 e. The number of hydrogen-bond acceptors (Lipinski definition) is 9. The van der Waals surface area contributed by atoms with Gasteiger partial charge in [-0.05, 0) is 84.7 Å². The smallest absolute Gasteiger partial charge is 0.155 e. The minimum absolute atomic E-state index is 0.0273. The molecule has 1 aliphatic heterocycles. The first-order chi connectivity index (χ1) is 21.5.